The van der Waals surface area contributed by atoms with Gasteiger partial charge in [-0.15, -0.1) is 0 Å². The summed E-state index contributed by atoms with van der Waals surface area (Å²) in [5, 5.41) is 12.3. The monoisotopic (exact) mass is 282 g/mol. The van der Waals surface area contributed by atoms with Gasteiger partial charge in [-0.1, -0.05) is 20.3 Å². The molecule has 114 valence electrons. The number of rotatable bonds is 2. The Balaban J connectivity index is 1.94. The van der Waals surface area contributed by atoms with Crippen LogP contribution in [-0.4, -0.2) is 40.6 Å². The fraction of sp³-hybridized carbons (Fsp3) is 0.867. The summed E-state index contributed by atoms with van der Waals surface area (Å²) >= 11 is 0. The second kappa shape index (κ2) is 6.02. The first-order valence-electron chi connectivity index (χ1n) is 7.69. The zero-order chi connectivity index (χ0) is 14.8. The van der Waals surface area contributed by atoms with Crippen LogP contribution in [0.5, 0.6) is 0 Å². The van der Waals surface area contributed by atoms with Gasteiger partial charge in [-0.2, -0.15) is 0 Å². The van der Waals surface area contributed by atoms with E-state index in [0.29, 0.717) is 13.0 Å². The smallest absolute Gasteiger partial charge is 0.326 e. The van der Waals surface area contributed by atoms with Gasteiger partial charge in [0.15, 0.2) is 0 Å². The highest BCUT2D eigenvalue weighted by atomic mass is 16.4. The molecule has 2 fully saturated rings. The first kappa shape index (κ1) is 15.1. The third-order valence-electron chi connectivity index (χ3n) is 4.58. The summed E-state index contributed by atoms with van der Waals surface area (Å²) < 4.78 is 0. The first-order valence-corrected chi connectivity index (χ1v) is 7.69. The molecule has 0 aromatic carbocycles. The maximum absolute atomic E-state index is 12.3. The number of nitrogens with zero attached hydrogens (tertiary/aromatic N) is 1. The van der Waals surface area contributed by atoms with Crippen molar-refractivity contribution in [3.8, 4) is 0 Å². The third kappa shape index (κ3) is 3.64. The molecule has 2 N–H and O–H groups in total. The van der Waals surface area contributed by atoms with Crippen molar-refractivity contribution in [1.29, 1.82) is 0 Å². The van der Waals surface area contributed by atoms with Crippen LogP contribution >= 0.6 is 0 Å². The lowest BCUT2D eigenvalue weighted by Gasteiger charge is -2.38. The minimum absolute atomic E-state index is 0.183. The molecule has 20 heavy (non-hydrogen) atoms. The molecule has 2 atom stereocenters. The molecule has 0 bridgehead atoms. The minimum Gasteiger partial charge on any atom is -0.480 e. The summed E-state index contributed by atoms with van der Waals surface area (Å²) in [6.07, 6.45) is 6.65. The molecule has 0 spiro atoms. The molecule has 0 aromatic rings. The topological polar surface area (TPSA) is 69.6 Å². The van der Waals surface area contributed by atoms with Crippen LogP contribution in [0.2, 0.25) is 0 Å². The number of carbonyl (C=O) groups is 2. The lowest BCUT2D eigenvalue weighted by Crippen LogP contribution is -2.54. The van der Waals surface area contributed by atoms with E-state index >= 15 is 0 Å². The molecule has 2 rings (SSSR count). The Morgan fingerprint density at radius 2 is 1.95 bits per heavy atom. The van der Waals surface area contributed by atoms with Crippen LogP contribution in [0.1, 0.15) is 58.8 Å². The van der Waals surface area contributed by atoms with Crippen LogP contribution in [0.25, 0.3) is 0 Å². The Morgan fingerprint density at radius 3 is 2.60 bits per heavy atom. The molecule has 1 saturated carbocycles. The van der Waals surface area contributed by atoms with Crippen LogP contribution < -0.4 is 5.32 Å². The van der Waals surface area contributed by atoms with Gasteiger partial charge in [0, 0.05) is 12.6 Å². The summed E-state index contributed by atoms with van der Waals surface area (Å²) in [6, 6.07) is -0.664. The molecule has 2 aliphatic rings. The fourth-order valence-electron chi connectivity index (χ4n) is 3.51. The normalized spacial score (nSPS) is 29.8. The van der Waals surface area contributed by atoms with Crippen molar-refractivity contribution in [3.05, 3.63) is 0 Å². The Kier molecular flexibility index (Phi) is 4.55. The van der Waals surface area contributed by atoms with Crippen LogP contribution in [-0.2, 0) is 4.79 Å². The number of piperidine rings is 1. The average molecular weight is 282 g/mol. The van der Waals surface area contributed by atoms with E-state index < -0.39 is 12.0 Å². The molecular weight excluding hydrogens is 256 g/mol. The van der Waals surface area contributed by atoms with E-state index in [1.807, 2.05) is 0 Å². The van der Waals surface area contributed by atoms with Crippen molar-refractivity contribution in [2.24, 2.45) is 5.41 Å². The maximum atomic E-state index is 12.3. The predicted octanol–water partition coefficient (Wildman–Crippen LogP) is 2.60. The van der Waals surface area contributed by atoms with Gasteiger partial charge in [0.25, 0.3) is 0 Å². The van der Waals surface area contributed by atoms with Crippen molar-refractivity contribution < 1.29 is 14.7 Å². The third-order valence-corrected chi connectivity index (χ3v) is 4.58. The summed E-state index contributed by atoms with van der Waals surface area (Å²) in [5.41, 5.74) is 0.268. The standard InChI is InChI=1S/C15H26N2O3/c1-15(2)8-5-6-11(10-15)16-14(20)17-9-4-3-7-12(17)13(18)19/h11-12H,3-10H2,1-2H3,(H,16,20)(H,18,19). The number of likely N-dealkylation sites (tertiary alicyclic amines) is 1. The molecule has 0 aromatic heterocycles. The highest BCUT2D eigenvalue weighted by Crippen LogP contribution is 2.35. The van der Waals surface area contributed by atoms with Crippen molar-refractivity contribution in [1.82, 2.24) is 10.2 Å². The van der Waals surface area contributed by atoms with Crippen LogP contribution in [0.4, 0.5) is 4.79 Å². The number of carboxylic acids is 1. The summed E-state index contributed by atoms with van der Waals surface area (Å²) in [6.45, 7) is 5.01. The molecule has 1 heterocycles. The number of carboxylic acid groups (broad SMARTS) is 1. The molecule has 1 saturated heterocycles. The summed E-state index contributed by atoms with van der Waals surface area (Å²) in [7, 11) is 0. The zero-order valence-corrected chi connectivity index (χ0v) is 12.5. The molecule has 2 unspecified atom stereocenters. The van der Waals surface area contributed by atoms with Crippen molar-refractivity contribution >= 4 is 12.0 Å². The number of hydrogen-bond donors (Lipinski definition) is 2. The highest BCUT2D eigenvalue weighted by Gasteiger charge is 2.34. The predicted molar refractivity (Wildman–Crippen MR) is 76.5 cm³/mol. The summed E-state index contributed by atoms with van der Waals surface area (Å²) in [4.78, 5) is 25.1. The maximum Gasteiger partial charge on any atom is 0.326 e. The van der Waals surface area contributed by atoms with Crippen molar-refractivity contribution in [2.75, 3.05) is 6.54 Å². The largest absolute Gasteiger partial charge is 0.480 e. The van der Waals surface area contributed by atoms with Crippen LogP contribution in [0.3, 0.4) is 0 Å². The Labute approximate surface area is 120 Å². The Morgan fingerprint density at radius 1 is 1.20 bits per heavy atom. The van der Waals surface area contributed by atoms with Gasteiger partial charge in [-0.05, 0) is 43.9 Å². The lowest BCUT2D eigenvalue weighted by molar-refractivity contribution is -0.143. The average Bonchev–Trinajstić information content (AvgIpc) is 2.37. The molecule has 2 amide bonds. The SMILES string of the molecule is CC1(C)CCCC(NC(=O)N2CCCCC2C(=O)O)C1. The lowest BCUT2D eigenvalue weighted by atomic mass is 9.75. The quantitative estimate of drug-likeness (QED) is 0.818. The van der Waals surface area contributed by atoms with Crippen LogP contribution in [0.15, 0.2) is 0 Å². The number of aliphatic carboxylic acids is 1. The van der Waals surface area contributed by atoms with Crippen molar-refractivity contribution in [3.63, 3.8) is 0 Å². The minimum atomic E-state index is -0.885. The van der Waals surface area contributed by atoms with Gasteiger partial charge in [-0.25, -0.2) is 9.59 Å². The van der Waals surface area contributed by atoms with Crippen LogP contribution in [0, 0.1) is 5.41 Å². The van der Waals surface area contributed by atoms with Gasteiger partial charge >= 0.3 is 12.0 Å². The van der Waals surface area contributed by atoms with E-state index in [2.05, 4.69) is 19.2 Å². The highest BCUT2D eigenvalue weighted by molar-refractivity contribution is 5.83. The van der Waals surface area contributed by atoms with Gasteiger partial charge in [-0.3, -0.25) is 0 Å². The van der Waals surface area contributed by atoms with Gasteiger partial charge < -0.3 is 15.3 Å². The number of carbonyl (C=O) groups excluding carboxylic acids is 1. The van der Waals surface area contributed by atoms with Gasteiger partial charge in [0.05, 0.1) is 0 Å². The number of nitrogens with one attached hydrogen (secondary N) is 1. The van der Waals surface area contributed by atoms with E-state index in [9.17, 15) is 14.7 Å². The van der Waals surface area contributed by atoms with E-state index in [1.54, 1.807) is 0 Å². The van der Waals surface area contributed by atoms with E-state index in [-0.39, 0.29) is 17.5 Å². The zero-order valence-electron chi connectivity index (χ0n) is 12.5. The second-order valence-corrected chi connectivity index (χ2v) is 6.95. The van der Waals surface area contributed by atoms with Gasteiger partial charge in [0.2, 0.25) is 0 Å². The fourth-order valence-corrected chi connectivity index (χ4v) is 3.51. The number of amides is 2. The Hall–Kier alpha value is -1.26. The summed E-state index contributed by atoms with van der Waals surface area (Å²) in [5.74, 6) is -0.885. The van der Waals surface area contributed by atoms with E-state index in [1.165, 1.54) is 11.3 Å². The molecule has 5 nitrogen and oxygen atoms in total. The van der Waals surface area contributed by atoms with E-state index in [4.69, 9.17) is 0 Å². The number of urea groups is 1. The van der Waals surface area contributed by atoms with Gasteiger partial charge in [0.1, 0.15) is 6.04 Å². The number of hydrogen-bond acceptors (Lipinski definition) is 2. The Bertz CT molecular complexity index is 381. The molecule has 1 aliphatic heterocycles. The molecule has 1 aliphatic carbocycles. The van der Waals surface area contributed by atoms with E-state index in [0.717, 1.165) is 32.1 Å². The molecular formula is C15H26N2O3. The first-order chi connectivity index (χ1) is 9.39. The van der Waals surface area contributed by atoms with Crippen molar-refractivity contribution in [2.45, 2.75) is 70.9 Å². The second-order valence-electron chi connectivity index (χ2n) is 6.95. The molecule has 5 heteroatoms. The molecule has 0 radical (unpaired) electrons.